The van der Waals surface area contributed by atoms with Crippen LogP contribution in [0.15, 0.2) is 86.0 Å². The Hall–Kier alpha value is -1.46. The molecule has 0 unspecified atom stereocenters. The van der Waals surface area contributed by atoms with Crippen LogP contribution in [-0.2, 0) is 11.5 Å². The molecule has 0 saturated carbocycles. The summed E-state index contributed by atoms with van der Waals surface area (Å²) in [5, 5.41) is 18.4. The van der Waals surface area contributed by atoms with E-state index in [9.17, 15) is 10.2 Å². The largest absolute Gasteiger partial charge is 0.388 e. The van der Waals surface area contributed by atoms with Crippen molar-refractivity contribution in [1.82, 2.24) is 0 Å². The van der Waals surface area contributed by atoms with Crippen LogP contribution in [0.25, 0.3) is 0 Å². The molecule has 26 heavy (non-hydrogen) atoms. The molecule has 140 valence electrons. The quantitative estimate of drug-likeness (QED) is 0.566. The molecule has 4 heteroatoms. The number of aliphatic hydroxyl groups is 2. The van der Waals surface area contributed by atoms with Crippen LogP contribution in [0.4, 0.5) is 0 Å². The summed E-state index contributed by atoms with van der Waals surface area (Å²) in [6, 6.07) is 20.5. The van der Waals surface area contributed by atoms with Crippen molar-refractivity contribution in [3.8, 4) is 0 Å². The molecule has 0 amide bonds. The Balaban J connectivity index is 0.000000260. The average Bonchev–Trinajstić information content (AvgIpc) is 2.70. The van der Waals surface area contributed by atoms with Crippen molar-refractivity contribution in [2.75, 3.05) is 11.5 Å². The Kier molecular flexibility index (Phi) is 12.8. The Bertz CT molecular complexity index is 547. The molecule has 0 radical (unpaired) electrons. The highest BCUT2D eigenvalue weighted by Crippen LogP contribution is 2.13. The van der Waals surface area contributed by atoms with Crippen molar-refractivity contribution >= 4 is 23.5 Å². The highest BCUT2D eigenvalue weighted by Gasteiger charge is 1.99. The van der Waals surface area contributed by atoms with E-state index >= 15 is 0 Å². The number of thioether (sulfide) groups is 2. The number of hydrogen-bond donors (Lipinski definition) is 2. The lowest BCUT2D eigenvalue weighted by atomic mass is 10.2. The SMILES string of the molecule is C=C[C@@H](O)CSCc1ccccc1.C=C[C@H](O)CSCc1ccccc1. The molecular formula is C22H28O2S2. The van der Waals surface area contributed by atoms with Gasteiger partial charge in [-0.15, -0.1) is 13.2 Å². The van der Waals surface area contributed by atoms with E-state index in [-0.39, 0.29) is 12.2 Å². The van der Waals surface area contributed by atoms with Gasteiger partial charge in [0.1, 0.15) is 0 Å². The Morgan fingerprint density at radius 2 is 1.04 bits per heavy atom. The third-order valence-electron chi connectivity index (χ3n) is 3.34. The Morgan fingerprint density at radius 1 is 0.692 bits per heavy atom. The molecule has 0 aromatic heterocycles. The van der Waals surface area contributed by atoms with E-state index in [1.165, 1.54) is 11.1 Å². The van der Waals surface area contributed by atoms with E-state index in [1.807, 2.05) is 36.4 Å². The molecule has 0 aliphatic carbocycles. The zero-order chi connectivity index (χ0) is 19.0. The van der Waals surface area contributed by atoms with Crippen LogP contribution in [0, 0.1) is 0 Å². The van der Waals surface area contributed by atoms with Crippen LogP contribution in [0.2, 0.25) is 0 Å². The Morgan fingerprint density at radius 3 is 1.35 bits per heavy atom. The molecule has 0 heterocycles. The maximum Gasteiger partial charge on any atom is 0.0808 e. The first-order valence-corrected chi connectivity index (χ1v) is 10.8. The van der Waals surface area contributed by atoms with Crippen molar-refractivity contribution in [3.63, 3.8) is 0 Å². The van der Waals surface area contributed by atoms with Gasteiger partial charge in [0.05, 0.1) is 12.2 Å². The molecule has 0 fully saturated rings. The second-order valence-electron chi connectivity index (χ2n) is 5.61. The van der Waals surface area contributed by atoms with E-state index in [0.717, 1.165) is 23.0 Å². The predicted octanol–water partition coefficient (Wildman–Crippen LogP) is 4.93. The standard InChI is InChI=1S/2C11H14OS/c2*1-2-11(12)9-13-8-10-6-4-3-5-7-10/h2*2-7,11-12H,1,8-9H2/t2*11-/m10/s1. The summed E-state index contributed by atoms with van der Waals surface area (Å²) in [6.45, 7) is 7.05. The van der Waals surface area contributed by atoms with Gasteiger partial charge in [0.25, 0.3) is 0 Å². The lowest BCUT2D eigenvalue weighted by molar-refractivity contribution is 0.248. The highest BCUT2D eigenvalue weighted by molar-refractivity contribution is 7.98. The number of aliphatic hydroxyl groups excluding tert-OH is 2. The van der Waals surface area contributed by atoms with Crippen LogP contribution in [0.1, 0.15) is 11.1 Å². The van der Waals surface area contributed by atoms with Crippen molar-refractivity contribution in [2.45, 2.75) is 23.7 Å². The second kappa shape index (κ2) is 14.7. The minimum atomic E-state index is -0.381. The number of rotatable bonds is 10. The summed E-state index contributed by atoms with van der Waals surface area (Å²) in [5.74, 6) is 3.34. The fourth-order valence-corrected chi connectivity index (χ4v) is 3.73. The van der Waals surface area contributed by atoms with Gasteiger partial charge >= 0.3 is 0 Å². The molecule has 0 aliphatic rings. The molecule has 0 spiro atoms. The van der Waals surface area contributed by atoms with Gasteiger partial charge in [0.15, 0.2) is 0 Å². The fourth-order valence-electron chi connectivity index (χ4n) is 1.88. The van der Waals surface area contributed by atoms with Crippen molar-refractivity contribution in [3.05, 3.63) is 97.1 Å². The van der Waals surface area contributed by atoms with E-state index in [1.54, 1.807) is 35.7 Å². The van der Waals surface area contributed by atoms with Gasteiger partial charge in [-0.25, -0.2) is 0 Å². The van der Waals surface area contributed by atoms with Crippen molar-refractivity contribution in [2.24, 2.45) is 0 Å². The van der Waals surface area contributed by atoms with Crippen LogP contribution in [0.5, 0.6) is 0 Å². The number of hydrogen-bond acceptors (Lipinski definition) is 4. The van der Waals surface area contributed by atoms with Crippen LogP contribution < -0.4 is 0 Å². The molecule has 2 aromatic carbocycles. The molecule has 0 bridgehead atoms. The normalized spacial score (nSPS) is 12.4. The second-order valence-corrected chi connectivity index (χ2v) is 7.67. The minimum Gasteiger partial charge on any atom is -0.388 e. The zero-order valence-corrected chi connectivity index (χ0v) is 16.7. The summed E-state index contributed by atoms with van der Waals surface area (Å²) < 4.78 is 0. The van der Waals surface area contributed by atoms with E-state index in [0.29, 0.717) is 0 Å². The van der Waals surface area contributed by atoms with E-state index in [4.69, 9.17) is 0 Å². The van der Waals surface area contributed by atoms with E-state index in [2.05, 4.69) is 37.4 Å². The molecule has 2 rings (SSSR count). The molecule has 0 aliphatic heterocycles. The van der Waals surface area contributed by atoms with Crippen LogP contribution in [0.3, 0.4) is 0 Å². The van der Waals surface area contributed by atoms with Crippen LogP contribution >= 0.6 is 23.5 Å². The van der Waals surface area contributed by atoms with Gasteiger partial charge in [0, 0.05) is 23.0 Å². The van der Waals surface area contributed by atoms with Crippen molar-refractivity contribution in [1.29, 1.82) is 0 Å². The first kappa shape index (κ1) is 22.6. The monoisotopic (exact) mass is 388 g/mol. The third kappa shape index (κ3) is 11.2. The number of benzene rings is 2. The first-order chi connectivity index (χ1) is 12.7. The van der Waals surface area contributed by atoms with Gasteiger partial charge < -0.3 is 10.2 Å². The summed E-state index contributed by atoms with van der Waals surface area (Å²) >= 11 is 3.44. The maximum absolute atomic E-state index is 9.20. The summed E-state index contributed by atoms with van der Waals surface area (Å²) in [4.78, 5) is 0. The van der Waals surface area contributed by atoms with Gasteiger partial charge in [0.2, 0.25) is 0 Å². The smallest absolute Gasteiger partial charge is 0.0808 e. The van der Waals surface area contributed by atoms with Gasteiger partial charge in [-0.2, -0.15) is 23.5 Å². The molecular weight excluding hydrogens is 360 g/mol. The Labute approximate surface area is 166 Å². The third-order valence-corrected chi connectivity index (χ3v) is 5.57. The molecule has 0 saturated heterocycles. The van der Waals surface area contributed by atoms with Gasteiger partial charge in [-0.05, 0) is 11.1 Å². The molecule has 2 aromatic rings. The summed E-state index contributed by atoms with van der Waals surface area (Å²) in [7, 11) is 0. The lowest BCUT2D eigenvalue weighted by Crippen LogP contribution is -2.04. The zero-order valence-electron chi connectivity index (χ0n) is 15.0. The summed E-state index contributed by atoms with van der Waals surface area (Å²) in [6.07, 6.45) is 2.37. The topological polar surface area (TPSA) is 40.5 Å². The molecule has 2 nitrogen and oxygen atoms in total. The fraction of sp³-hybridized carbons (Fsp3) is 0.273. The molecule has 2 atom stereocenters. The van der Waals surface area contributed by atoms with Gasteiger partial charge in [-0.3, -0.25) is 0 Å². The highest BCUT2D eigenvalue weighted by atomic mass is 32.2. The van der Waals surface area contributed by atoms with Crippen molar-refractivity contribution < 1.29 is 10.2 Å². The average molecular weight is 389 g/mol. The maximum atomic E-state index is 9.20. The van der Waals surface area contributed by atoms with E-state index < -0.39 is 0 Å². The molecule has 2 N–H and O–H groups in total. The van der Waals surface area contributed by atoms with Gasteiger partial charge in [-0.1, -0.05) is 72.8 Å². The first-order valence-electron chi connectivity index (χ1n) is 8.50. The lowest BCUT2D eigenvalue weighted by Gasteiger charge is -2.04. The minimum absolute atomic E-state index is 0.381. The summed E-state index contributed by atoms with van der Waals surface area (Å²) in [5.41, 5.74) is 2.59. The predicted molar refractivity (Wildman–Crippen MR) is 118 cm³/mol. The van der Waals surface area contributed by atoms with Crippen LogP contribution in [-0.4, -0.2) is 33.9 Å².